The van der Waals surface area contributed by atoms with Crippen LogP contribution in [0.4, 0.5) is 11.6 Å². The number of ether oxygens (including phenoxy) is 1. The number of hydrogen-bond donors (Lipinski definition) is 2. The maximum Gasteiger partial charge on any atom is 0.228 e. The van der Waals surface area contributed by atoms with Gasteiger partial charge in [0, 0.05) is 35.4 Å². The molecule has 0 fully saturated rings. The first-order chi connectivity index (χ1) is 14.7. The van der Waals surface area contributed by atoms with Gasteiger partial charge in [-0.3, -0.25) is 0 Å². The molecule has 0 spiro atoms. The molecule has 0 saturated carbocycles. The van der Waals surface area contributed by atoms with E-state index >= 15 is 0 Å². The Bertz CT molecular complexity index is 1250. The van der Waals surface area contributed by atoms with Crippen LogP contribution in [0, 0.1) is 18.3 Å². The molecule has 2 aromatic heterocycles. The van der Waals surface area contributed by atoms with E-state index in [4.69, 9.17) is 15.7 Å². The van der Waals surface area contributed by atoms with E-state index in [1.807, 2.05) is 43.3 Å². The second kappa shape index (κ2) is 8.45. The molecule has 4 rings (SSSR count). The Morgan fingerprint density at radius 1 is 1.03 bits per heavy atom. The highest BCUT2D eigenvalue weighted by Crippen LogP contribution is 2.38. The predicted octanol–water partition coefficient (Wildman–Crippen LogP) is 4.70. The zero-order chi connectivity index (χ0) is 20.9. The molecule has 0 radical (unpaired) electrons. The molecule has 7 nitrogen and oxygen atoms in total. The molecule has 0 aliphatic heterocycles. The molecule has 0 bridgehead atoms. The monoisotopic (exact) mass is 396 g/mol. The molecule has 0 aliphatic carbocycles. The Kier molecular flexibility index (Phi) is 5.39. The zero-order valence-electron chi connectivity index (χ0n) is 16.5. The largest absolute Gasteiger partial charge is 0.437 e. The number of anilines is 2. The first-order valence-corrected chi connectivity index (χ1v) is 9.52. The van der Waals surface area contributed by atoms with Gasteiger partial charge in [0.15, 0.2) is 0 Å². The molecule has 3 N–H and O–H groups in total. The predicted molar refractivity (Wildman–Crippen MR) is 117 cm³/mol. The fraction of sp³-hybridized carbons (Fsp3) is 0.130. The molecular formula is C23H20N6O. The van der Waals surface area contributed by atoms with E-state index in [1.165, 1.54) is 0 Å². The first kappa shape index (κ1) is 19.2. The van der Waals surface area contributed by atoms with Gasteiger partial charge >= 0.3 is 0 Å². The summed E-state index contributed by atoms with van der Waals surface area (Å²) in [5, 5.41) is 14.1. The van der Waals surface area contributed by atoms with E-state index < -0.39 is 0 Å². The minimum absolute atomic E-state index is 0.191. The Morgan fingerprint density at radius 3 is 2.77 bits per heavy atom. The van der Waals surface area contributed by atoms with E-state index in [9.17, 15) is 0 Å². The van der Waals surface area contributed by atoms with E-state index in [2.05, 4.69) is 32.4 Å². The van der Waals surface area contributed by atoms with Crippen LogP contribution in [0.2, 0.25) is 0 Å². The number of nitriles is 1. The summed E-state index contributed by atoms with van der Waals surface area (Å²) in [6.45, 7) is 2.58. The van der Waals surface area contributed by atoms with Crippen LogP contribution in [0.1, 0.15) is 12.0 Å². The van der Waals surface area contributed by atoms with Crippen LogP contribution in [0.3, 0.4) is 0 Å². The SMILES string of the molecule is Cc1ccc2c(NCCC#N)cccc2c1Oc1ncccc1-c1ccnc(N)n1. The van der Waals surface area contributed by atoms with E-state index in [-0.39, 0.29) is 5.95 Å². The van der Waals surface area contributed by atoms with Crippen LogP contribution in [-0.2, 0) is 0 Å². The average Bonchev–Trinajstić information content (AvgIpc) is 2.76. The summed E-state index contributed by atoms with van der Waals surface area (Å²) in [5.74, 6) is 1.35. The lowest BCUT2D eigenvalue weighted by molar-refractivity contribution is 0.466. The molecule has 0 unspecified atom stereocenters. The van der Waals surface area contributed by atoms with Crippen molar-refractivity contribution in [2.75, 3.05) is 17.6 Å². The topological polar surface area (TPSA) is 110 Å². The molecule has 148 valence electrons. The molecule has 7 heteroatoms. The lowest BCUT2D eigenvalue weighted by Crippen LogP contribution is -2.01. The van der Waals surface area contributed by atoms with Crippen LogP contribution in [0.5, 0.6) is 11.6 Å². The van der Waals surface area contributed by atoms with Crippen LogP contribution in [0.15, 0.2) is 60.9 Å². The summed E-state index contributed by atoms with van der Waals surface area (Å²) < 4.78 is 6.34. The first-order valence-electron chi connectivity index (χ1n) is 9.52. The van der Waals surface area contributed by atoms with Crippen LogP contribution < -0.4 is 15.8 Å². The van der Waals surface area contributed by atoms with Crippen molar-refractivity contribution in [2.24, 2.45) is 0 Å². The lowest BCUT2D eigenvalue weighted by Gasteiger charge is -2.16. The van der Waals surface area contributed by atoms with E-state index in [0.29, 0.717) is 24.5 Å². The number of nitrogens with two attached hydrogens (primary N) is 1. The highest BCUT2D eigenvalue weighted by atomic mass is 16.5. The number of nitrogen functional groups attached to an aromatic ring is 1. The fourth-order valence-electron chi connectivity index (χ4n) is 3.27. The third-order valence-corrected chi connectivity index (χ3v) is 4.68. The highest BCUT2D eigenvalue weighted by Gasteiger charge is 2.15. The molecule has 2 heterocycles. The third-order valence-electron chi connectivity index (χ3n) is 4.68. The number of pyridine rings is 1. The van der Waals surface area contributed by atoms with Gasteiger partial charge in [-0.05, 0) is 36.8 Å². The molecule has 0 aliphatic rings. The average molecular weight is 396 g/mol. The van der Waals surface area contributed by atoms with Crippen molar-refractivity contribution in [1.82, 2.24) is 15.0 Å². The van der Waals surface area contributed by atoms with Gasteiger partial charge < -0.3 is 15.8 Å². The summed E-state index contributed by atoms with van der Waals surface area (Å²) in [4.78, 5) is 12.7. The zero-order valence-corrected chi connectivity index (χ0v) is 16.5. The number of aryl methyl sites for hydroxylation is 1. The molecule has 0 amide bonds. The summed E-state index contributed by atoms with van der Waals surface area (Å²) in [6, 6.07) is 17.7. The molecular weight excluding hydrogens is 376 g/mol. The number of benzene rings is 2. The lowest BCUT2D eigenvalue weighted by atomic mass is 10.0. The van der Waals surface area contributed by atoms with E-state index in [0.717, 1.165) is 33.3 Å². The second-order valence-corrected chi connectivity index (χ2v) is 6.71. The number of nitrogens with one attached hydrogen (secondary N) is 1. The Balaban J connectivity index is 1.78. The van der Waals surface area contributed by atoms with Crippen LogP contribution >= 0.6 is 0 Å². The van der Waals surface area contributed by atoms with Gasteiger partial charge in [0.25, 0.3) is 0 Å². The Morgan fingerprint density at radius 2 is 1.93 bits per heavy atom. The van der Waals surface area contributed by atoms with Gasteiger partial charge in [-0.25, -0.2) is 15.0 Å². The normalized spacial score (nSPS) is 10.5. The third kappa shape index (κ3) is 3.84. The van der Waals surface area contributed by atoms with Gasteiger partial charge in [0.1, 0.15) is 5.75 Å². The smallest absolute Gasteiger partial charge is 0.228 e. The quantitative estimate of drug-likeness (QED) is 0.455. The van der Waals surface area contributed by atoms with Gasteiger partial charge in [-0.1, -0.05) is 24.3 Å². The van der Waals surface area contributed by atoms with Gasteiger partial charge in [-0.15, -0.1) is 0 Å². The minimum atomic E-state index is 0.191. The summed E-state index contributed by atoms with van der Waals surface area (Å²) in [5.41, 5.74) is 9.06. The fourth-order valence-corrected chi connectivity index (χ4v) is 3.27. The van der Waals surface area contributed by atoms with Crippen molar-refractivity contribution < 1.29 is 4.74 Å². The molecule has 2 aromatic carbocycles. The highest BCUT2D eigenvalue weighted by molar-refractivity contribution is 5.98. The Labute approximate surface area is 174 Å². The van der Waals surface area contributed by atoms with Crippen LogP contribution in [-0.4, -0.2) is 21.5 Å². The maximum atomic E-state index is 8.81. The summed E-state index contributed by atoms with van der Waals surface area (Å²) in [6.07, 6.45) is 3.72. The van der Waals surface area contributed by atoms with Crippen molar-refractivity contribution in [3.05, 3.63) is 66.5 Å². The van der Waals surface area contributed by atoms with Crippen molar-refractivity contribution in [2.45, 2.75) is 13.3 Å². The van der Waals surface area contributed by atoms with Crippen molar-refractivity contribution >= 4 is 22.4 Å². The molecule has 4 aromatic rings. The number of aromatic nitrogens is 3. The van der Waals surface area contributed by atoms with Crippen molar-refractivity contribution in [3.63, 3.8) is 0 Å². The van der Waals surface area contributed by atoms with Gasteiger partial charge in [-0.2, -0.15) is 5.26 Å². The van der Waals surface area contributed by atoms with E-state index in [1.54, 1.807) is 18.5 Å². The van der Waals surface area contributed by atoms with Crippen molar-refractivity contribution in [3.8, 4) is 29.0 Å². The van der Waals surface area contributed by atoms with Crippen LogP contribution in [0.25, 0.3) is 22.0 Å². The standard InChI is InChI=1S/C23H20N6O/c1-15-8-9-16-17(5-2-7-19(16)26-13-4-11-24)21(15)30-22-18(6-3-12-27-22)20-10-14-28-23(25)29-20/h2-3,5-10,12,14,26H,4,13H2,1H3,(H2,25,28,29). The molecule has 0 atom stereocenters. The Hall–Kier alpha value is -4.18. The second-order valence-electron chi connectivity index (χ2n) is 6.71. The number of nitrogens with zero attached hydrogens (tertiary/aromatic N) is 4. The number of rotatable bonds is 6. The minimum Gasteiger partial charge on any atom is -0.437 e. The number of fused-ring (bicyclic) bond motifs is 1. The van der Waals surface area contributed by atoms with Crippen molar-refractivity contribution in [1.29, 1.82) is 5.26 Å². The number of hydrogen-bond acceptors (Lipinski definition) is 7. The molecule has 0 saturated heterocycles. The van der Waals surface area contributed by atoms with Gasteiger partial charge in [0.2, 0.25) is 11.8 Å². The molecule has 30 heavy (non-hydrogen) atoms. The summed E-state index contributed by atoms with van der Waals surface area (Å²) >= 11 is 0. The maximum absolute atomic E-state index is 8.81. The summed E-state index contributed by atoms with van der Waals surface area (Å²) in [7, 11) is 0. The van der Waals surface area contributed by atoms with Gasteiger partial charge in [0.05, 0.1) is 23.7 Å².